The number of nitrogens with two attached hydrogens (primary N) is 1. The van der Waals surface area contributed by atoms with Crippen molar-refractivity contribution in [2.75, 3.05) is 5.73 Å². The monoisotopic (exact) mass is 262 g/mol. The van der Waals surface area contributed by atoms with Gasteiger partial charge in [0.15, 0.2) is 0 Å². The lowest BCUT2D eigenvalue weighted by Crippen LogP contribution is -1.99. The van der Waals surface area contributed by atoms with E-state index >= 15 is 0 Å². The Morgan fingerprint density at radius 1 is 1.22 bits per heavy atom. The topological polar surface area (TPSA) is 52.0 Å². The van der Waals surface area contributed by atoms with Gasteiger partial charge in [0.2, 0.25) is 5.88 Å². The van der Waals surface area contributed by atoms with Gasteiger partial charge in [-0.3, -0.25) is 0 Å². The van der Waals surface area contributed by atoms with Crippen molar-refractivity contribution < 1.29 is 4.52 Å². The van der Waals surface area contributed by atoms with Gasteiger partial charge in [-0.15, -0.1) is 11.3 Å². The average Bonchev–Trinajstić information content (AvgIpc) is 2.92. The van der Waals surface area contributed by atoms with E-state index in [0.29, 0.717) is 11.8 Å². The van der Waals surface area contributed by atoms with Crippen molar-refractivity contribution in [2.45, 2.75) is 44.4 Å². The fourth-order valence-electron chi connectivity index (χ4n) is 2.82. The molecule has 2 aromatic heterocycles. The SMILES string of the molecule is Nc1onc(C2CCCCCC2)c1-c1cccs1. The number of hydrogen-bond acceptors (Lipinski definition) is 4. The molecule has 1 saturated carbocycles. The molecule has 0 aromatic carbocycles. The molecule has 18 heavy (non-hydrogen) atoms. The van der Waals surface area contributed by atoms with Crippen molar-refractivity contribution in [1.82, 2.24) is 5.16 Å². The zero-order valence-electron chi connectivity index (χ0n) is 10.4. The summed E-state index contributed by atoms with van der Waals surface area (Å²) >= 11 is 1.70. The third kappa shape index (κ3) is 2.17. The molecule has 0 bridgehead atoms. The molecule has 1 fully saturated rings. The van der Waals surface area contributed by atoms with Gasteiger partial charge in [0.25, 0.3) is 0 Å². The van der Waals surface area contributed by atoms with E-state index < -0.39 is 0 Å². The zero-order valence-corrected chi connectivity index (χ0v) is 11.2. The summed E-state index contributed by atoms with van der Waals surface area (Å²) < 4.78 is 5.25. The van der Waals surface area contributed by atoms with Crippen LogP contribution in [0.4, 0.5) is 5.88 Å². The third-order valence-corrected chi connectivity index (χ3v) is 4.64. The normalized spacial score (nSPS) is 17.8. The second kappa shape index (κ2) is 5.14. The van der Waals surface area contributed by atoms with Crippen LogP contribution in [0, 0.1) is 0 Å². The quantitative estimate of drug-likeness (QED) is 0.815. The molecule has 1 aliphatic carbocycles. The van der Waals surface area contributed by atoms with Crippen molar-refractivity contribution >= 4 is 17.2 Å². The molecule has 0 unspecified atom stereocenters. The largest absolute Gasteiger partial charge is 0.367 e. The minimum absolute atomic E-state index is 0.469. The number of hydrogen-bond donors (Lipinski definition) is 1. The molecule has 2 aromatic rings. The third-order valence-electron chi connectivity index (χ3n) is 3.75. The van der Waals surface area contributed by atoms with E-state index in [1.807, 2.05) is 6.07 Å². The molecule has 0 atom stereocenters. The van der Waals surface area contributed by atoms with Crippen molar-refractivity contribution in [3.63, 3.8) is 0 Å². The highest BCUT2D eigenvalue weighted by molar-refractivity contribution is 7.13. The van der Waals surface area contributed by atoms with Crippen molar-refractivity contribution in [1.29, 1.82) is 0 Å². The van der Waals surface area contributed by atoms with E-state index in [4.69, 9.17) is 10.3 Å². The summed E-state index contributed by atoms with van der Waals surface area (Å²) in [4.78, 5) is 1.17. The standard InChI is InChI=1S/C14H18N2OS/c15-14-12(11-8-5-9-18-11)13(16-17-14)10-6-3-1-2-4-7-10/h5,8-10H,1-4,6-7,15H2. The van der Waals surface area contributed by atoms with Gasteiger partial charge in [0, 0.05) is 10.8 Å². The molecular formula is C14H18N2OS. The summed E-state index contributed by atoms with van der Waals surface area (Å²) in [5.74, 6) is 0.988. The first kappa shape index (κ1) is 11.8. The van der Waals surface area contributed by atoms with E-state index in [-0.39, 0.29) is 0 Å². The molecule has 96 valence electrons. The van der Waals surface area contributed by atoms with E-state index in [2.05, 4.69) is 16.6 Å². The van der Waals surface area contributed by atoms with Gasteiger partial charge in [-0.2, -0.15) is 0 Å². The number of nitrogens with zero attached hydrogens (tertiary/aromatic N) is 1. The molecule has 4 heteroatoms. The van der Waals surface area contributed by atoms with Gasteiger partial charge in [-0.05, 0) is 24.3 Å². The lowest BCUT2D eigenvalue weighted by atomic mass is 9.93. The van der Waals surface area contributed by atoms with Crippen molar-refractivity contribution in [3.05, 3.63) is 23.2 Å². The van der Waals surface area contributed by atoms with Crippen LogP contribution in [0.3, 0.4) is 0 Å². The predicted octanol–water partition coefficient (Wildman–Crippen LogP) is 4.42. The van der Waals surface area contributed by atoms with Crippen molar-refractivity contribution in [2.24, 2.45) is 0 Å². The number of nitrogen functional groups attached to an aromatic ring is 1. The number of anilines is 1. The molecule has 0 aliphatic heterocycles. The minimum atomic E-state index is 0.469. The summed E-state index contributed by atoms with van der Waals surface area (Å²) in [6, 6.07) is 4.14. The highest BCUT2D eigenvalue weighted by Crippen LogP contribution is 2.40. The predicted molar refractivity (Wildman–Crippen MR) is 74.7 cm³/mol. The van der Waals surface area contributed by atoms with Crippen LogP contribution in [-0.4, -0.2) is 5.16 Å². The Balaban J connectivity index is 1.96. The Labute approximate surface area is 111 Å². The smallest absolute Gasteiger partial charge is 0.231 e. The Bertz CT molecular complexity index is 496. The summed E-state index contributed by atoms with van der Waals surface area (Å²) in [7, 11) is 0. The molecule has 2 heterocycles. The van der Waals surface area contributed by atoms with E-state index in [1.54, 1.807) is 11.3 Å². The molecule has 3 rings (SSSR count). The van der Waals surface area contributed by atoms with Crippen LogP contribution < -0.4 is 5.73 Å². The maximum atomic E-state index is 5.96. The maximum Gasteiger partial charge on any atom is 0.231 e. The Kier molecular flexibility index (Phi) is 3.37. The number of thiophene rings is 1. The summed E-state index contributed by atoms with van der Waals surface area (Å²) in [5.41, 5.74) is 8.08. The molecule has 0 spiro atoms. The summed E-state index contributed by atoms with van der Waals surface area (Å²) in [5, 5.41) is 6.31. The Hall–Kier alpha value is -1.29. The van der Waals surface area contributed by atoms with E-state index in [9.17, 15) is 0 Å². The molecule has 3 nitrogen and oxygen atoms in total. The molecule has 0 radical (unpaired) electrons. The molecule has 0 amide bonds. The summed E-state index contributed by atoms with van der Waals surface area (Å²) in [6.07, 6.45) is 7.70. The fourth-order valence-corrected chi connectivity index (χ4v) is 3.60. The van der Waals surface area contributed by atoms with Crippen LogP contribution in [0.15, 0.2) is 22.0 Å². The Morgan fingerprint density at radius 2 is 2.00 bits per heavy atom. The molecule has 2 N–H and O–H groups in total. The van der Waals surface area contributed by atoms with Crippen LogP contribution in [0.25, 0.3) is 10.4 Å². The van der Waals surface area contributed by atoms with Gasteiger partial charge in [0.1, 0.15) is 0 Å². The van der Waals surface area contributed by atoms with Crippen LogP contribution in [0.5, 0.6) is 0 Å². The second-order valence-corrected chi connectivity index (χ2v) is 5.92. The van der Waals surface area contributed by atoms with Gasteiger partial charge >= 0.3 is 0 Å². The minimum Gasteiger partial charge on any atom is -0.367 e. The first-order chi connectivity index (χ1) is 8.86. The van der Waals surface area contributed by atoms with Crippen LogP contribution in [0.1, 0.15) is 50.1 Å². The van der Waals surface area contributed by atoms with E-state index in [0.717, 1.165) is 11.3 Å². The highest BCUT2D eigenvalue weighted by Gasteiger charge is 2.24. The first-order valence-electron chi connectivity index (χ1n) is 6.65. The second-order valence-electron chi connectivity index (χ2n) is 4.97. The molecule has 1 aliphatic rings. The zero-order chi connectivity index (χ0) is 12.4. The molecule has 0 saturated heterocycles. The van der Waals surface area contributed by atoms with Gasteiger partial charge < -0.3 is 10.3 Å². The molecular weight excluding hydrogens is 244 g/mol. The lowest BCUT2D eigenvalue weighted by Gasteiger charge is -2.11. The maximum absolute atomic E-state index is 5.96. The average molecular weight is 262 g/mol. The van der Waals surface area contributed by atoms with Crippen molar-refractivity contribution in [3.8, 4) is 10.4 Å². The number of rotatable bonds is 2. The lowest BCUT2D eigenvalue weighted by molar-refractivity contribution is 0.413. The van der Waals surface area contributed by atoms with E-state index in [1.165, 1.54) is 43.4 Å². The van der Waals surface area contributed by atoms with Crippen LogP contribution in [-0.2, 0) is 0 Å². The van der Waals surface area contributed by atoms with Gasteiger partial charge in [-0.25, -0.2) is 0 Å². The highest BCUT2D eigenvalue weighted by atomic mass is 32.1. The van der Waals surface area contributed by atoms with Crippen LogP contribution in [0.2, 0.25) is 0 Å². The first-order valence-corrected chi connectivity index (χ1v) is 7.53. The van der Waals surface area contributed by atoms with Gasteiger partial charge in [-0.1, -0.05) is 36.9 Å². The summed E-state index contributed by atoms with van der Waals surface area (Å²) in [6.45, 7) is 0. The number of aromatic nitrogens is 1. The fraction of sp³-hybridized carbons (Fsp3) is 0.500. The van der Waals surface area contributed by atoms with Gasteiger partial charge in [0.05, 0.1) is 11.3 Å². The van der Waals surface area contributed by atoms with Crippen LogP contribution >= 0.6 is 11.3 Å². The Morgan fingerprint density at radius 3 is 2.67 bits per heavy atom.